The van der Waals surface area contributed by atoms with E-state index in [1.165, 1.54) is 70.4 Å². The third-order valence-corrected chi connectivity index (χ3v) is 9.50. The van der Waals surface area contributed by atoms with Crippen molar-refractivity contribution in [3.05, 3.63) is 82.9 Å². The van der Waals surface area contributed by atoms with Gasteiger partial charge in [0.15, 0.2) is 0 Å². The maximum Gasteiger partial charge on any atom is 0.120 e. The average molecular weight is 552 g/mol. The summed E-state index contributed by atoms with van der Waals surface area (Å²) >= 11 is 1.80. The van der Waals surface area contributed by atoms with Crippen molar-refractivity contribution in [1.82, 2.24) is 9.80 Å². The number of hydrogen-bond acceptors (Lipinski definition) is 6. The molecule has 2 fully saturated rings. The van der Waals surface area contributed by atoms with Gasteiger partial charge in [-0.2, -0.15) is 5.26 Å². The van der Waals surface area contributed by atoms with Crippen LogP contribution in [0.1, 0.15) is 47.9 Å². The fraction of sp³-hybridized carbons (Fsp3) is 0.382. The van der Waals surface area contributed by atoms with Crippen molar-refractivity contribution in [1.29, 1.82) is 5.26 Å². The number of fused-ring (bicyclic) bond motifs is 1. The van der Waals surface area contributed by atoms with Crippen molar-refractivity contribution in [2.45, 2.75) is 38.6 Å². The number of likely N-dealkylation sites (tertiary alicyclic amines) is 2. The molecule has 2 saturated heterocycles. The molecule has 0 atom stereocenters. The highest BCUT2D eigenvalue weighted by atomic mass is 32.1. The second-order valence-corrected chi connectivity index (χ2v) is 12.0. The molecule has 3 aromatic carbocycles. The van der Waals surface area contributed by atoms with Gasteiger partial charge in [-0.15, -0.1) is 11.3 Å². The van der Waals surface area contributed by atoms with E-state index in [0.717, 1.165) is 61.8 Å². The number of nitriles is 1. The fourth-order valence-electron chi connectivity index (χ4n) is 6.03. The van der Waals surface area contributed by atoms with Gasteiger partial charge in [0.1, 0.15) is 18.1 Å². The first-order valence-corrected chi connectivity index (χ1v) is 15.3. The Kier molecular flexibility index (Phi) is 8.34. The van der Waals surface area contributed by atoms with E-state index in [1.54, 1.807) is 18.4 Å². The summed E-state index contributed by atoms with van der Waals surface area (Å²) in [5.41, 5.74) is 5.58. The van der Waals surface area contributed by atoms with Crippen LogP contribution in [0, 0.1) is 11.3 Å². The molecule has 0 aliphatic carbocycles. The molecular formula is C34H37N3O2S. The minimum Gasteiger partial charge on any atom is -0.497 e. The van der Waals surface area contributed by atoms with Gasteiger partial charge in [0.05, 0.1) is 18.7 Å². The zero-order chi connectivity index (χ0) is 27.3. The predicted octanol–water partition coefficient (Wildman–Crippen LogP) is 7.11. The summed E-state index contributed by atoms with van der Waals surface area (Å²) in [6.45, 7) is 7.22. The molecule has 2 aliphatic rings. The molecule has 0 unspecified atom stereocenters. The van der Waals surface area contributed by atoms with Crippen molar-refractivity contribution >= 4 is 21.4 Å². The van der Waals surface area contributed by atoms with E-state index < -0.39 is 0 Å². The van der Waals surface area contributed by atoms with E-state index in [-0.39, 0.29) is 0 Å². The molecule has 6 rings (SSSR count). The Morgan fingerprint density at radius 3 is 2.30 bits per heavy atom. The summed E-state index contributed by atoms with van der Waals surface area (Å²) in [6, 6.07) is 23.8. The first kappa shape index (κ1) is 26.8. The first-order valence-electron chi connectivity index (χ1n) is 14.5. The van der Waals surface area contributed by atoms with Crippen molar-refractivity contribution < 1.29 is 9.47 Å². The monoisotopic (exact) mass is 551 g/mol. The lowest BCUT2D eigenvalue weighted by Crippen LogP contribution is -2.25. The maximum atomic E-state index is 9.96. The molecule has 40 heavy (non-hydrogen) atoms. The van der Waals surface area contributed by atoms with Gasteiger partial charge in [-0.05, 0) is 134 Å². The lowest BCUT2D eigenvalue weighted by molar-refractivity contribution is 0.238. The molecule has 0 spiro atoms. The van der Waals surface area contributed by atoms with E-state index in [9.17, 15) is 5.26 Å². The molecule has 0 saturated carbocycles. The Hall–Kier alpha value is -3.37. The predicted molar refractivity (Wildman–Crippen MR) is 163 cm³/mol. The van der Waals surface area contributed by atoms with Crippen LogP contribution in [-0.4, -0.2) is 56.2 Å². The van der Waals surface area contributed by atoms with E-state index in [2.05, 4.69) is 70.5 Å². The quantitative estimate of drug-likeness (QED) is 0.210. The lowest BCUT2D eigenvalue weighted by atomic mass is 9.96. The van der Waals surface area contributed by atoms with E-state index in [4.69, 9.17) is 9.47 Å². The van der Waals surface area contributed by atoms with Crippen LogP contribution in [0.2, 0.25) is 0 Å². The summed E-state index contributed by atoms with van der Waals surface area (Å²) in [5, 5.41) is 11.2. The van der Waals surface area contributed by atoms with Gasteiger partial charge in [-0.3, -0.25) is 9.80 Å². The summed E-state index contributed by atoms with van der Waals surface area (Å²) in [6.07, 6.45) is 5.89. The number of ether oxygens (including phenoxy) is 2. The smallest absolute Gasteiger partial charge is 0.120 e. The molecule has 2 aliphatic heterocycles. The number of rotatable bonds is 10. The van der Waals surface area contributed by atoms with Crippen molar-refractivity contribution in [2.75, 3.05) is 46.4 Å². The number of benzene rings is 3. The van der Waals surface area contributed by atoms with Gasteiger partial charge < -0.3 is 9.47 Å². The molecule has 4 aromatic rings. The fourth-order valence-corrected chi connectivity index (χ4v) is 7.28. The third-order valence-electron chi connectivity index (χ3n) is 8.26. The molecule has 6 heteroatoms. The van der Waals surface area contributed by atoms with Crippen LogP contribution >= 0.6 is 11.3 Å². The zero-order valence-electron chi connectivity index (χ0n) is 23.3. The average Bonchev–Trinajstić information content (AvgIpc) is 3.76. The summed E-state index contributed by atoms with van der Waals surface area (Å²) in [5.74, 6) is 1.78. The zero-order valence-corrected chi connectivity index (χ0v) is 24.1. The second kappa shape index (κ2) is 12.4. The highest BCUT2D eigenvalue weighted by Gasteiger charge is 2.18. The summed E-state index contributed by atoms with van der Waals surface area (Å²) in [7, 11) is 1.71. The van der Waals surface area contributed by atoms with Gasteiger partial charge in [0.25, 0.3) is 0 Å². The molecule has 206 valence electrons. The number of hydrogen-bond donors (Lipinski definition) is 0. The minimum atomic E-state index is 0.724. The molecule has 1 aromatic heterocycles. The SMILES string of the molecule is COc1ccc2c(Cc3ccc(CN4CCCC4)c(C#N)c3)c(-c3ccc(OCCN4CCCC4)cc3)sc2c1. The topological polar surface area (TPSA) is 48.7 Å². The standard InChI is InChI=1S/C34H37N3O2S/c1-38-30-12-13-31-32(21-25-6-7-27(28(20-25)23-35)24-37-16-4-5-17-37)34(40-33(31)22-30)26-8-10-29(11-9-26)39-19-18-36-14-2-3-15-36/h6-13,20,22H,2-5,14-19,21,24H2,1H3. The summed E-state index contributed by atoms with van der Waals surface area (Å²) < 4.78 is 12.8. The largest absolute Gasteiger partial charge is 0.497 e. The molecule has 0 amide bonds. The number of methoxy groups -OCH3 is 1. The van der Waals surface area contributed by atoms with Crippen LogP contribution in [-0.2, 0) is 13.0 Å². The maximum absolute atomic E-state index is 9.96. The third kappa shape index (κ3) is 6.02. The van der Waals surface area contributed by atoms with Gasteiger partial charge in [-0.25, -0.2) is 0 Å². The molecule has 0 bridgehead atoms. The molecule has 5 nitrogen and oxygen atoms in total. The van der Waals surface area contributed by atoms with Gasteiger partial charge in [-0.1, -0.05) is 12.1 Å². The van der Waals surface area contributed by atoms with Gasteiger partial charge in [0.2, 0.25) is 0 Å². The van der Waals surface area contributed by atoms with Crippen LogP contribution in [0.4, 0.5) is 0 Å². The Morgan fingerprint density at radius 1 is 0.850 bits per heavy atom. The number of nitrogens with zero attached hydrogens (tertiary/aromatic N) is 3. The Morgan fingerprint density at radius 2 is 1.57 bits per heavy atom. The molecule has 0 radical (unpaired) electrons. The Balaban J connectivity index is 1.26. The van der Waals surface area contributed by atoms with Crippen LogP contribution in [0.15, 0.2) is 60.7 Å². The number of thiophene rings is 1. The normalized spacial score (nSPS) is 16.0. The molecular weight excluding hydrogens is 514 g/mol. The van der Waals surface area contributed by atoms with Crippen molar-refractivity contribution in [2.24, 2.45) is 0 Å². The van der Waals surface area contributed by atoms with E-state index >= 15 is 0 Å². The van der Waals surface area contributed by atoms with E-state index in [0.29, 0.717) is 0 Å². The highest BCUT2D eigenvalue weighted by Crippen LogP contribution is 2.41. The second-order valence-electron chi connectivity index (χ2n) is 11.0. The minimum absolute atomic E-state index is 0.724. The van der Waals surface area contributed by atoms with Crippen molar-refractivity contribution in [3.8, 4) is 28.0 Å². The lowest BCUT2D eigenvalue weighted by Gasteiger charge is -2.16. The molecule has 3 heterocycles. The van der Waals surface area contributed by atoms with Crippen LogP contribution in [0.3, 0.4) is 0 Å². The first-order chi connectivity index (χ1) is 19.7. The van der Waals surface area contributed by atoms with E-state index in [1.807, 2.05) is 6.07 Å². The molecule has 0 N–H and O–H groups in total. The van der Waals surface area contributed by atoms with Crippen LogP contribution in [0.25, 0.3) is 20.5 Å². The van der Waals surface area contributed by atoms with Crippen LogP contribution in [0.5, 0.6) is 11.5 Å². The Labute approximate surface area is 241 Å². The Bertz CT molecular complexity index is 1490. The van der Waals surface area contributed by atoms with Crippen LogP contribution < -0.4 is 9.47 Å². The summed E-state index contributed by atoms with van der Waals surface area (Å²) in [4.78, 5) is 6.18. The van der Waals surface area contributed by atoms with Crippen molar-refractivity contribution in [3.63, 3.8) is 0 Å². The van der Waals surface area contributed by atoms with Gasteiger partial charge >= 0.3 is 0 Å². The highest BCUT2D eigenvalue weighted by molar-refractivity contribution is 7.22. The van der Waals surface area contributed by atoms with Gasteiger partial charge in [0, 0.05) is 22.7 Å².